The van der Waals surface area contributed by atoms with Gasteiger partial charge >= 0.3 is 5.97 Å². The van der Waals surface area contributed by atoms with Crippen molar-refractivity contribution < 1.29 is 13.6 Å². The van der Waals surface area contributed by atoms with Crippen molar-refractivity contribution in [1.29, 1.82) is 0 Å². The van der Waals surface area contributed by atoms with Gasteiger partial charge in [0.2, 0.25) is 0 Å². The van der Waals surface area contributed by atoms with Gasteiger partial charge in [-0.1, -0.05) is 0 Å². The Labute approximate surface area is 59.0 Å². The van der Waals surface area contributed by atoms with Crippen molar-refractivity contribution in [3.05, 3.63) is 0 Å². The minimum atomic E-state index is -2.27. The molecule has 0 aromatic carbocycles. The van der Waals surface area contributed by atoms with Crippen LogP contribution in [0.15, 0.2) is 0 Å². The highest BCUT2D eigenvalue weighted by molar-refractivity contribution is 5.85. The first-order valence-corrected chi connectivity index (χ1v) is 1.77. The van der Waals surface area contributed by atoms with Crippen LogP contribution in [0.3, 0.4) is 0 Å². The van der Waals surface area contributed by atoms with E-state index >= 15 is 0 Å². The second kappa shape index (κ2) is 6.72. The van der Waals surface area contributed by atoms with Crippen molar-refractivity contribution in [3.8, 4) is 0 Å². The fourth-order valence-corrected chi connectivity index (χ4v) is 0.144. The lowest BCUT2D eigenvalue weighted by Gasteiger charge is -1.93. The summed E-state index contributed by atoms with van der Waals surface area (Å²) in [5, 5.41) is 2.00. The number of carbonyl (C=O) groups excluding carboxylic acids is 1. The molecule has 0 radical (unpaired) electrons. The van der Waals surface area contributed by atoms with Gasteiger partial charge in [-0.3, -0.25) is 4.79 Å². The van der Waals surface area contributed by atoms with Crippen LogP contribution in [0.2, 0.25) is 0 Å². The summed E-state index contributed by atoms with van der Waals surface area (Å²) in [6.07, 6.45) is 0. The van der Waals surface area contributed by atoms with Crippen molar-refractivity contribution in [1.82, 2.24) is 5.32 Å². The van der Waals surface area contributed by atoms with Crippen molar-refractivity contribution in [2.75, 3.05) is 20.6 Å². The molecule has 0 saturated carbocycles. The molecule has 3 nitrogen and oxygen atoms in total. The molecule has 0 aliphatic rings. The topological polar surface area (TPSA) is 38.3 Å². The Hall–Kier alpha value is -0.280. The molecule has 0 aromatic rings. The molecule has 0 aliphatic heterocycles. The van der Waals surface area contributed by atoms with Crippen molar-refractivity contribution in [3.63, 3.8) is 0 Å². The van der Waals surface area contributed by atoms with E-state index in [0.717, 1.165) is 0 Å². The lowest BCUT2D eigenvalue weighted by Crippen LogP contribution is -2.19. The van der Waals surface area contributed by atoms with E-state index in [2.05, 4.69) is 4.74 Å². The van der Waals surface area contributed by atoms with E-state index in [1.165, 1.54) is 7.11 Å². The third-order valence-electron chi connectivity index (χ3n) is 0.460. The molecular weight excluding hydrogens is 130 g/mol. The van der Waals surface area contributed by atoms with Crippen LogP contribution in [0.1, 0.15) is 4.11 Å². The maximum atomic E-state index is 10.3. The molecule has 1 N–H and O–H groups in total. The normalized spacial score (nSPS) is 14.4. The number of likely N-dealkylation sites (N-methyl/N-ethyl adjacent to an activating group) is 1. The minimum Gasteiger partial charge on any atom is -0.468 e. The van der Waals surface area contributed by atoms with Crippen LogP contribution in [0.4, 0.5) is 0 Å². The van der Waals surface area contributed by atoms with Crippen LogP contribution < -0.4 is 5.32 Å². The van der Waals surface area contributed by atoms with E-state index in [1.54, 1.807) is 0 Å². The zero-order valence-corrected chi connectivity index (χ0v) is 5.25. The van der Waals surface area contributed by atoms with Crippen LogP contribution >= 0.6 is 12.4 Å². The maximum Gasteiger partial charge on any atom is 0.319 e. The Kier molecular flexibility index (Phi) is 3.85. The molecule has 0 unspecified atom stereocenters. The summed E-state index contributed by atoms with van der Waals surface area (Å²) in [7, 11) is 1.20. The largest absolute Gasteiger partial charge is 0.468 e. The first kappa shape index (κ1) is 4.58. The fourth-order valence-electron chi connectivity index (χ4n) is 0.144. The maximum absolute atomic E-state index is 10.3. The zero-order valence-electron chi connectivity index (χ0n) is 7.43. The van der Waals surface area contributed by atoms with Crippen molar-refractivity contribution in [2.45, 2.75) is 0 Å². The predicted molar refractivity (Wildman–Crippen MR) is 33.2 cm³/mol. The van der Waals surface area contributed by atoms with Crippen molar-refractivity contribution >= 4 is 18.4 Å². The van der Waals surface area contributed by atoms with Gasteiger partial charge in [0.05, 0.1) is 13.7 Å². The quantitative estimate of drug-likeness (QED) is 0.543. The molecule has 0 amide bonds. The summed E-state index contributed by atoms with van der Waals surface area (Å²) < 4.78 is 24.0. The molecule has 0 spiro atoms. The van der Waals surface area contributed by atoms with E-state index in [1.807, 2.05) is 5.32 Å². The molecule has 0 rings (SSSR count). The first-order chi connectivity index (χ1) is 4.45. The van der Waals surface area contributed by atoms with Crippen LogP contribution in [0.5, 0.6) is 0 Å². The Morgan fingerprint density at radius 1 is 2.00 bits per heavy atom. The Bertz CT molecular complexity index is 127. The van der Waals surface area contributed by atoms with Gasteiger partial charge < -0.3 is 10.1 Å². The van der Waals surface area contributed by atoms with E-state index in [4.69, 9.17) is 4.11 Å². The first-order valence-electron chi connectivity index (χ1n) is 3.27. The summed E-state index contributed by atoms with van der Waals surface area (Å²) in [6, 6.07) is 0. The molecule has 4 heteroatoms. The summed E-state index contributed by atoms with van der Waals surface area (Å²) in [5.41, 5.74) is 0. The van der Waals surface area contributed by atoms with E-state index < -0.39 is 12.9 Å². The van der Waals surface area contributed by atoms with Crippen LogP contribution in [-0.4, -0.2) is 26.6 Å². The molecule has 50 valence electrons. The second-order valence-corrected chi connectivity index (χ2v) is 0.930. The number of halogens is 1. The van der Waals surface area contributed by atoms with Gasteiger partial charge in [-0.25, -0.2) is 0 Å². The average Bonchev–Trinajstić information content (AvgIpc) is 1.81. The van der Waals surface area contributed by atoms with Gasteiger partial charge in [0, 0.05) is 4.11 Å². The monoisotopic (exact) mass is 142 g/mol. The summed E-state index contributed by atoms with van der Waals surface area (Å²) >= 11 is 0. The standard InChI is InChI=1S/C4H9NO2.ClH/c1-5-3-4(6)7-2;/h5H,3H2,1-2H3;1H/i1D3;. The third-order valence-corrected chi connectivity index (χ3v) is 0.460. The predicted octanol–water partition coefficient (Wildman–Crippen LogP) is -0.199. The highest BCUT2D eigenvalue weighted by Crippen LogP contribution is 1.64. The smallest absolute Gasteiger partial charge is 0.319 e. The molecule has 0 atom stereocenters. The molecule has 0 aromatic heterocycles. The van der Waals surface area contributed by atoms with Gasteiger partial charge in [-0.2, -0.15) is 0 Å². The molecule has 0 fully saturated rings. The number of hydrogen-bond donors (Lipinski definition) is 1. The van der Waals surface area contributed by atoms with E-state index in [0.29, 0.717) is 0 Å². The van der Waals surface area contributed by atoms with Gasteiger partial charge in [0.15, 0.2) is 0 Å². The number of carbonyl (C=O) groups is 1. The number of esters is 1. The fraction of sp³-hybridized carbons (Fsp3) is 0.750. The average molecular weight is 143 g/mol. The SMILES string of the molecule is Cl.[2H]C([2H])([2H])NCC(=O)OC. The minimum absolute atomic E-state index is 0. The molecule has 0 aliphatic carbocycles. The number of methoxy groups -OCH3 is 1. The summed E-state index contributed by atoms with van der Waals surface area (Å²) in [4.78, 5) is 10.3. The van der Waals surface area contributed by atoms with Crippen LogP contribution in [0, 0.1) is 0 Å². The third kappa shape index (κ3) is 5.72. The highest BCUT2D eigenvalue weighted by atomic mass is 35.5. The summed E-state index contributed by atoms with van der Waals surface area (Å²) in [5.74, 6) is -0.587. The van der Waals surface area contributed by atoms with Gasteiger partial charge in [-0.05, 0) is 6.98 Å². The lowest BCUT2D eigenvalue weighted by molar-refractivity contribution is -0.139. The van der Waals surface area contributed by atoms with Gasteiger partial charge in [0.25, 0.3) is 0 Å². The van der Waals surface area contributed by atoms with E-state index in [-0.39, 0.29) is 19.0 Å². The molecular formula is C4H10ClNO2. The highest BCUT2D eigenvalue weighted by Gasteiger charge is 1.91. The molecule has 0 saturated heterocycles. The lowest BCUT2D eigenvalue weighted by atomic mass is 10.7. The molecule has 8 heavy (non-hydrogen) atoms. The number of nitrogens with one attached hydrogen (secondary N) is 1. The second-order valence-electron chi connectivity index (χ2n) is 0.930. The van der Waals surface area contributed by atoms with Crippen molar-refractivity contribution in [2.24, 2.45) is 0 Å². The number of rotatable bonds is 2. The van der Waals surface area contributed by atoms with E-state index in [9.17, 15) is 4.79 Å². The van der Waals surface area contributed by atoms with Crippen LogP contribution in [-0.2, 0) is 9.53 Å². The number of hydrogen-bond acceptors (Lipinski definition) is 3. The molecule has 0 bridgehead atoms. The Morgan fingerprint density at radius 3 is 3.00 bits per heavy atom. The van der Waals surface area contributed by atoms with Gasteiger partial charge in [0.1, 0.15) is 0 Å². The molecule has 0 heterocycles. The van der Waals surface area contributed by atoms with Gasteiger partial charge in [-0.15, -0.1) is 12.4 Å². The number of ether oxygens (including phenoxy) is 1. The van der Waals surface area contributed by atoms with Crippen LogP contribution in [0.25, 0.3) is 0 Å². The Morgan fingerprint density at radius 2 is 2.62 bits per heavy atom. The summed E-state index contributed by atoms with van der Waals surface area (Å²) in [6.45, 7) is -2.55. The zero-order chi connectivity index (χ0) is 8.20. The Balaban J connectivity index is 0.